The summed E-state index contributed by atoms with van der Waals surface area (Å²) in [5.41, 5.74) is 1.49. The van der Waals surface area contributed by atoms with Gasteiger partial charge < -0.3 is 15.5 Å². The molecule has 4 fully saturated rings. The second-order valence-electron chi connectivity index (χ2n) is 10.5. The van der Waals surface area contributed by atoms with Gasteiger partial charge in [0.05, 0.1) is 28.5 Å². The zero-order valence-corrected chi connectivity index (χ0v) is 21.0. The highest BCUT2D eigenvalue weighted by Gasteiger charge is 2.47. The van der Waals surface area contributed by atoms with Crippen LogP contribution in [0.15, 0.2) is 29.9 Å². The van der Waals surface area contributed by atoms with Crippen LogP contribution in [0.4, 0.5) is 10.3 Å². The zero-order valence-electron chi connectivity index (χ0n) is 20.2. The lowest BCUT2D eigenvalue weighted by Gasteiger charge is -2.47. The van der Waals surface area contributed by atoms with Crippen LogP contribution in [0.1, 0.15) is 67.5 Å². The van der Waals surface area contributed by atoms with E-state index in [1.54, 1.807) is 11.1 Å². The molecule has 10 heteroatoms. The first-order valence-electron chi connectivity index (χ1n) is 12.6. The lowest BCUT2D eigenvalue weighted by molar-refractivity contribution is -0.138. The molecule has 4 heterocycles. The van der Waals surface area contributed by atoms with Crippen LogP contribution < -0.4 is 10.6 Å². The molecule has 36 heavy (non-hydrogen) atoms. The third kappa shape index (κ3) is 4.21. The number of thiophene rings is 1. The Labute approximate surface area is 212 Å². The number of likely N-dealkylation sites (tertiary alicyclic amines) is 1. The van der Waals surface area contributed by atoms with Gasteiger partial charge in [0.1, 0.15) is 5.82 Å². The molecule has 0 radical (unpaired) electrons. The summed E-state index contributed by atoms with van der Waals surface area (Å²) < 4.78 is 14.3. The average Bonchev–Trinajstić information content (AvgIpc) is 3.35. The Hall–Kier alpha value is -3.14. The van der Waals surface area contributed by atoms with Crippen LogP contribution in [0.3, 0.4) is 0 Å². The number of hydrogen-bond donors (Lipinski definition) is 2. The van der Waals surface area contributed by atoms with Crippen molar-refractivity contribution in [2.75, 3.05) is 18.4 Å². The average molecular weight is 509 g/mol. The number of carbonyl (C=O) groups is 2. The van der Waals surface area contributed by atoms with Gasteiger partial charge in [-0.15, -0.1) is 11.3 Å². The van der Waals surface area contributed by atoms with Crippen molar-refractivity contribution < 1.29 is 14.0 Å². The van der Waals surface area contributed by atoms with E-state index in [1.165, 1.54) is 17.4 Å². The summed E-state index contributed by atoms with van der Waals surface area (Å²) in [5, 5.41) is 8.28. The van der Waals surface area contributed by atoms with Crippen molar-refractivity contribution in [3.05, 3.63) is 47.0 Å². The van der Waals surface area contributed by atoms with E-state index in [0.717, 1.165) is 55.3 Å². The molecule has 3 saturated carbocycles. The van der Waals surface area contributed by atoms with E-state index in [4.69, 9.17) is 0 Å². The van der Waals surface area contributed by atoms with Crippen molar-refractivity contribution in [3.63, 3.8) is 0 Å². The molecular formula is C26H29FN6O2S. The van der Waals surface area contributed by atoms with Gasteiger partial charge in [-0.2, -0.15) is 0 Å². The summed E-state index contributed by atoms with van der Waals surface area (Å²) in [7, 11) is 0. The Balaban J connectivity index is 1.13. The van der Waals surface area contributed by atoms with E-state index in [9.17, 15) is 14.0 Å². The molecule has 1 atom stereocenters. The number of fused-ring (bicyclic) bond motifs is 4. The Morgan fingerprint density at radius 1 is 1.17 bits per heavy atom. The monoisotopic (exact) mass is 508 g/mol. The molecule has 3 aromatic heterocycles. The van der Waals surface area contributed by atoms with Crippen LogP contribution in [-0.2, 0) is 4.79 Å². The SMILES string of the molecule is CC(Nc1nc(C(=O)N2CC(NC(=O)C34CCC(CC3)CC4)C2)c2sccc2n1)c1cncc(F)c1. The molecule has 2 N–H and O–H groups in total. The maximum Gasteiger partial charge on any atom is 0.274 e. The van der Waals surface area contributed by atoms with Crippen LogP contribution >= 0.6 is 11.3 Å². The Bertz CT molecular complexity index is 1300. The molecule has 0 spiro atoms. The molecule has 3 aromatic rings. The summed E-state index contributed by atoms with van der Waals surface area (Å²) in [6.07, 6.45) is 9.22. The number of carbonyl (C=O) groups excluding carboxylic acids is 2. The van der Waals surface area contributed by atoms with Crippen molar-refractivity contribution in [2.24, 2.45) is 11.3 Å². The van der Waals surface area contributed by atoms with Gasteiger partial charge in [0.2, 0.25) is 11.9 Å². The molecule has 1 aliphatic heterocycles. The molecule has 8 nitrogen and oxygen atoms in total. The summed E-state index contributed by atoms with van der Waals surface area (Å²) in [6, 6.07) is 2.95. The van der Waals surface area contributed by atoms with Crippen LogP contribution in [0.5, 0.6) is 0 Å². The normalized spacial score (nSPS) is 24.4. The van der Waals surface area contributed by atoms with E-state index >= 15 is 0 Å². The number of halogens is 1. The highest BCUT2D eigenvalue weighted by atomic mass is 32.1. The standard InChI is InChI=1S/C26H29FN6O2S/c1-15(17-10-18(27)12-28-11-17)29-25-31-20-5-9-36-22(20)21(32-25)23(34)33-13-19(14-33)30-24(35)26-6-2-16(3-7-26)4-8-26/h5,9-12,15-16,19H,2-4,6-8,13-14H2,1H3,(H,30,35)(H,29,31,32). The molecule has 0 aromatic carbocycles. The fourth-order valence-electron chi connectivity index (χ4n) is 5.83. The van der Waals surface area contributed by atoms with E-state index < -0.39 is 5.82 Å². The molecule has 1 unspecified atom stereocenters. The third-order valence-electron chi connectivity index (χ3n) is 8.16. The summed E-state index contributed by atoms with van der Waals surface area (Å²) in [6.45, 7) is 2.82. The number of amides is 2. The number of nitrogens with zero attached hydrogens (tertiary/aromatic N) is 4. The van der Waals surface area contributed by atoms with E-state index in [-0.39, 0.29) is 29.3 Å². The summed E-state index contributed by atoms with van der Waals surface area (Å²) in [4.78, 5) is 41.2. The lowest BCUT2D eigenvalue weighted by Crippen LogP contribution is -2.63. The van der Waals surface area contributed by atoms with Gasteiger partial charge in [0, 0.05) is 24.7 Å². The number of hydrogen-bond acceptors (Lipinski definition) is 7. The summed E-state index contributed by atoms with van der Waals surface area (Å²) >= 11 is 1.43. The molecule has 3 aliphatic carbocycles. The van der Waals surface area contributed by atoms with E-state index in [2.05, 4.69) is 25.6 Å². The van der Waals surface area contributed by atoms with Crippen molar-refractivity contribution in [1.82, 2.24) is 25.2 Å². The van der Waals surface area contributed by atoms with Crippen molar-refractivity contribution >= 4 is 39.3 Å². The fourth-order valence-corrected chi connectivity index (χ4v) is 6.64. The Morgan fingerprint density at radius 2 is 1.92 bits per heavy atom. The number of nitrogens with one attached hydrogen (secondary N) is 2. The topological polar surface area (TPSA) is 100 Å². The second-order valence-corrected chi connectivity index (χ2v) is 11.4. The molecule has 1 saturated heterocycles. The van der Waals surface area contributed by atoms with E-state index in [1.807, 2.05) is 18.4 Å². The van der Waals surface area contributed by atoms with Gasteiger partial charge in [0.25, 0.3) is 5.91 Å². The van der Waals surface area contributed by atoms with Crippen LogP contribution in [-0.4, -0.2) is 50.8 Å². The molecule has 4 aliphatic rings. The number of rotatable bonds is 6. The van der Waals surface area contributed by atoms with Gasteiger partial charge in [-0.05, 0) is 74.4 Å². The van der Waals surface area contributed by atoms with Crippen molar-refractivity contribution in [3.8, 4) is 0 Å². The number of pyridine rings is 1. The van der Waals surface area contributed by atoms with Crippen LogP contribution in [0.25, 0.3) is 10.2 Å². The summed E-state index contributed by atoms with van der Waals surface area (Å²) in [5.74, 6) is 0.702. The van der Waals surface area contributed by atoms with Gasteiger partial charge in [-0.1, -0.05) is 0 Å². The maximum atomic E-state index is 13.6. The molecule has 7 rings (SSSR count). The minimum Gasteiger partial charge on any atom is -0.349 e. The first-order chi connectivity index (χ1) is 17.4. The highest BCUT2D eigenvalue weighted by molar-refractivity contribution is 7.17. The van der Waals surface area contributed by atoms with Crippen molar-refractivity contribution in [1.29, 1.82) is 0 Å². The molecular weight excluding hydrogens is 479 g/mol. The van der Waals surface area contributed by atoms with Gasteiger partial charge in [-0.3, -0.25) is 14.6 Å². The van der Waals surface area contributed by atoms with Crippen LogP contribution in [0, 0.1) is 17.2 Å². The van der Waals surface area contributed by atoms with Gasteiger partial charge >= 0.3 is 0 Å². The molecule has 2 bridgehead atoms. The predicted molar refractivity (Wildman–Crippen MR) is 135 cm³/mol. The third-order valence-corrected chi connectivity index (χ3v) is 9.07. The smallest absolute Gasteiger partial charge is 0.274 e. The fraction of sp³-hybridized carbons (Fsp3) is 0.500. The maximum absolute atomic E-state index is 13.6. The number of aromatic nitrogens is 3. The first kappa shape index (κ1) is 23.3. The van der Waals surface area contributed by atoms with Gasteiger partial charge in [-0.25, -0.2) is 14.4 Å². The Kier molecular flexibility index (Phi) is 5.86. The Morgan fingerprint density at radius 3 is 2.64 bits per heavy atom. The quantitative estimate of drug-likeness (QED) is 0.515. The minimum atomic E-state index is -0.415. The largest absolute Gasteiger partial charge is 0.349 e. The van der Waals surface area contributed by atoms with E-state index in [0.29, 0.717) is 35.8 Å². The van der Waals surface area contributed by atoms with Crippen molar-refractivity contribution in [2.45, 2.75) is 57.5 Å². The molecule has 2 amide bonds. The zero-order chi connectivity index (χ0) is 24.9. The first-order valence-corrected chi connectivity index (χ1v) is 13.5. The lowest BCUT2D eigenvalue weighted by atomic mass is 9.60. The number of anilines is 1. The molecule has 188 valence electrons. The highest BCUT2D eigenvalue weighted by Crippen LogP contribution is 2.50. The van der Waals surface area contributed by atoms with Crippen LogP contribution in [0.2, 0.25) is 0 Å². The second kappa shape index (κ2) is 9.06. The minimum absolute atomic E-state index is 0.0192. The van der Waals surface area contributed by atoms with Gasteiger partial charge in [0.15, 0.2) is 5.69 Å². The predicted octanol–water partition coefficient (Wildman–Crippen LogP) is 4.31.